The van der Waals surface area contributed by atoms with Gasteiger partial charge in [-0.3, -0.25) is 0 Å². The molecule has 3 aromatic rings. The van der Waals surface area contributed by atoms with E-state index in [1.54, 1.807) is 54.6 Å². The summed E-state index contributed by atoms with van der Waals surface area (Å²) in [5, 5.41) is 0. The van der Waals surface area contributed by atoms with Crippen LogP contribution >= 0.6 is 0 Å². The number of hydrogen-bond acceptors (Lipinski definition) is 2. The Morgan fingerprint density at radius 3 is 2.00 bits per heavy atom. The smallest absolute Gasteiger partial charge is 0.215 e. The molecule has 3 atom stereocenters. The van der Waals surface area contributed by atoms with Crippen LogP contribution < -0.4 is 0 Å². The molecule has 0 amide bonds. The zero-order valence-corrected chi connectivity index (χ0v) is 13.4. The molecular weight excluding hydrogens is 344 g/mol. The van der Waals surface area contributed by atoms with E-state index < -0.39 is 46.7 Å². The van der Waals surface area contributed by atoms with Gasteiger partial charge < -0.3 is 0 Å². The lowest BCUT2D eigenvalue weighted by atomic mass is 9.62. The van der Waals surface area contributed by atoms with E-state index in [4.69, 9.17) is 0 Å². The van der Waals surface area contributed by atoms with Crippen LogP contribution in [0.4, 0.5) is 17.6 Å². The highest BCUT2D eigenvalue weighted by Crippen LogP contribution is 2.65. The number of para-hydroxylation sites is 2. The van der Waals surface area contributed by atoms with Gasteiger partial charge in [-0.25, -0.2) is 27.5 Å². The maximum Gasteiger partial charge on any atom is 0.215 e. The van der Waals surface area contributed by atoms with Gasteiger partial charge in [-0.15, -0.1) is 0 Å². The molecule has 0 radical (unpaired) electrons. The number of alkyl halides is 2. The second-order valence-electron chi connectivity index (χ2n) is 6.72. The molecule has 0 unspecified atom stereocenters. The standard InChI is InChI=1S/C20H12F4N2/c21-15-16(22)20(24)12(11-6-2-1-3-7-11)10-19(15,23)17-18(20)26-14-9-5-4-8-13(14)25-17/h1-9,12H,10H2/t12-,19-,20+/m1/s1. The van der Waals surface area contributed by atoms with Crippen LogP contribution in [0.15, 0.2) is 66.3 Å². The quantitative estimate of drug-likeness (QED) is 0.552. The summed E-state index contributed by atoms with van der Waals surface area (Å²) in [4.78, 5) is 8.27. The van der Waals surface area contributed by atoms with E-state index in [9.17, 15) is 8.78 Å². The number of allylic oxidation sites excluding steroid dienone is 2. The van der Waals surface area contributed by atoms with Crippen molar-refractivity contribution in [2.24, 2.45) is 0 Å². The zero-order chi connectivity index (χ0) is 18.1. The molecule has 130 valence electrons. The molecular formula is C20H12F4N2. The van der Waals surface area contributed by atoms with Crippen molar-refractivity contribution in [3.05, 3.63) is 83.2 Å². The van der Waals surface area contributed by atoms with Crippen molar-refractivity contribution in [1.82, 2.24) is 9.97 Å². The maximum absolute atomic E-state index is 16.1. The van der Waals surface area contributed by atoms with Crippen molar-refractivity contribution in [1.29, 1.82) is 0 Å². The van der Waals surface area contributed by atoms with Crippen molar-refractivity contribution in [2.75, 3.05) is 0 Å². The van der Waals surface area contributed by atoms with Gasteiger partial charge >= 0.3 is 0 Å². The highest BCUT2D eigenvalue weighted by atomic mass is 19.2. The first kappa shape index (κ1) is 15.5. The predicted octanol–water partition coefficient (Wildman–Crippen LogP) is 5.31. The van der Waals surface area contributed by atoms with E-state index in [1.807, 2.05) is 0 Å². The van der Waals surface area contributed by atoms with Crippen LogP contribution in [0.1, 0.15) is 29.3 Å². The van der Waals surface area contributed by atoms with Crippen molar-refractivity contribution < 1.29 is 17.6 Å². The molecule has 6 heteroatoms. The number of halogens is 4. The molecule has 0 aliphatic heterocycles. The largest absolute Gasteiger partial charge is 0.245 e. The summed E-state index contributed by atoms with van der Waals surface area (Å²) >= 11 is 0. The van der Waals surface area contributed by atoms with Gasteiger partial charge in [0.15, 0.2) is 11.7 Å². The van der Waals surface area contributed by atoms with E-state index in [1.165, 1.54) is 0 Å². The van der Waals surface area contributed by atoms with Gasteiger partial charge in [0.05, 0.1) is 11.0 Å². The van der Waals surface area contributed by atoms with Gasteiger partial charge in [0, 0.05) is 12.3 Å². The Morgan fingerprint density at radius 2 is 1.35 bits per heavy atom. The lowest BCUT2D eigenvalue weighted by Gasteiger charge is -2.47. The van der Waals surface area contributed by atoms with E-state index in [0.29, 0.717) is 16.6 Å². The molecule has 6 rings (SSSR count). The van der Waals surface area contributed by atoms with Crippen molar-refractivity contribution in [3.63, 3.8) is 0 Å². The van der Waals surface area contributed by atoms with Gasteiger partial charge in [-0.2, -0.15) is 0 Å². The van der Waals surface area contributed by atoms with Crippen LogP contribution in [0.3, 0.4) is 0 Å². The summed E-state index contributed by atoms with van der Waals surface area (Å²) in [6.07, 6.45) is -0.563. The Labute approximate surface area is 146 Å². The maximum atomic E-state index is 16.1. The highest BCUT2D eigenvalue weighted by Gasteiger charge is 2.67. The third-order valence-electron chi connectivity index (χ3n) is 5.32. The summed E-state index contributed by atoms with van der Waals surface area (Å²) in [5.41, 5.74) is -5.65. The third kappa shape index (κ3) is 1.71. The number of aromatic nitrogens is 2. The van der Waals surface area contributed by atoms with E-state index in [-0.39, 0.29) is 0 Å². The van der Waals surface area contributed by atoms with E-state index in [2.05, 4.69) is 9.97 Å². The Balaban J connectivity index is 1.86. The lowest BCUT2D eigenvalue weighted by Crippen LogP contribution is -2.49. The highest BCUT2D eigenvalue weighted by molar-refractivity contribution is 5.75. The third-order valence-corrected chi connectivity index (χ3v) is 5.32. The fourth-order valence-corrected chi connectivity index (χ4v) is 4.03. The van der Waals surface area contributed by atoms with Gasteiger partial charge in [-0.05, 0) is 17.7 Å². The Bertz CT molecular complexity index is 1080. The van der Waals surface area contributed by atoms with E-state index in [0.717, 1.165) is 0 Å². The van der Waals surface area contributed by atoms with Crippen LogP contribution in [0.2, 0.25) is 0 Å². The molecule has 1 aromatic heterocycles. The zero-order valence-electron chi connectivity index (χ0n) is 13.4. The molecule has 2 nitrogen and oxygen atoms in total. The predicted molar refractivity (Wildman–Crippen MR) is 88.2 cm³/mol. The topological polar surface area (TPSA) is 25.8 Å². The summed E-state index contributed by atoms with van der Waals surface area (Å²) in [7, 11) is 0. The molecule has 0 saturated heterocycles. The first-order valence-electron chi connectivity index (χ1n) is 8.23. The SMILES string of the molecule is FC1=C(F)[C@]2(F)c3nc4ccccc4nc3[C@@]1(F)C[C@@H]2c1ccccc1. The van der Waals surface area contributed by atoms with Crippen molar-refractivity contribution in [3.8, 4) is 0 Å². The minimum Gasteiger partial charge on any atom is -0.245 e. The molecule has 0 N–H and O–H groups in total. The van der Waals surface area contributed by atoms with Crippen LogP contribution in [0, 0.1) is 0 Å². The van der Waals surface area contributed by atoms with Crippen LogP contribution in [0.5, 0.6) is 0 Å². The molecule has 0 fully saturated rings. The fourth-order valence-electron chi connectivity index (χ4n) is 4.03. The lowest BCUT2D eigenvalue weighted by molar-refractivity contribution is 0.000159. The number of rotatable bonds is 1. The monoisotopic (exact) mass is 356 g/mol. The van der Waals surface area contributed by atoms with Crippen molar-refractivity contribution >= 4 is 11.0 Å². The summed E-state index contributed by atoms with van der Waals surface area (Å²) < 4.78 is 61.0. The van der Waals surface area contributed by atoms with Gasteiger partial charge in [0.2, 0.25) is 11.3 Å². The van der Waals surface area contributed by atoms with Crippen LogP contribution in [-0.2, 0) is 11.3 Å². The normalized spacial score (nSPS) is 29.9. The number of nitrogens with zero attached hydrogens (tertiary/aromatic N) is 2. The molecule has 0 spiro atoms. The molecule has 2 bridgehead atoms. The second-order valence-corrected chi connectivity index (χ2v) is 6.72. The molecule has 2 aromatic carbocycles. The summed E-state index contributed by atoms with van der Waals surface area (Å²) in [5.74, 6) is -4.70. The van der Waals surface area contributed by atoms with Gasteiger partial charge in [-0.1, -0.05) is 42.5 Å². The fraction of sp³-hybridized carbons (Fsp3) is 0.200. The minimum absolute atomic E-state index is 0.305. The molecule has 3 aliphatic rings. The Hall–Kier alpha value is -2.76. The van der Waals surface area contributed by atoms with Gasteiger partial charge in [0.1, 0.15) is 11.4 Å². The molecule has 26 heavy (non-hydrogen) atoms. The summed E-state index contributed by atoms with van der Waals surface area (Å²) in [6, 6.07) is 14.7. The van der Waals surface area contributed by atoms with Crippen LogP contribution in [-0.4, -0.2) is 9.97 Å². The molecule has 0 saturated carbocycles. The minimum atomic E-state index is -2.88. The van der Waals surface area contributed by atoms with E-state index >= 15 is 8.78 Å². The number of benzene rings is 2. The molecule has 1 heterocycles. The first-order valence-corrected chi connectivity index (χ1v) is 8.23. The average molecular weight is 356 g/mol. The van der Waals surface area contributed by atoms with Crippen LogP contribution in [0.25, 0.3) is 11.0 Å². The second kappa shape index (κ2) is 4.90. The summed E-state index contributed by atoms with van der Waals surface area (Å²) in [6.45, 7) is 0. The first-order chi connectivity index (χ1) is 12.5. The van der Waals surface area contributed by atoms with Crippen molar-refractivity contribution in [2.45, 2.75) is 23.7 Å². The van der Waals surface area contributed by atoms with Gasteiger partial charge in [0.25, 0.3) is 0 Å². The average Bonchev–Trinajstić information content (AvgIpc) is 2.68. The molecule has 3 aliphatic carbocycles. The Morgan fingerprint density at radius 1 is 0.769 bits per heavy atom. The number of hydrogen-bond donors (Lipinski definition) is 0. The number of fused-ring (bicyclic) bond motifs is 2. The Kier molecular flexibility index (Phi) is 2.92.